The Balaban J connectivity index is 1.74. The van der Waals surface area contributed by atoms with Gasteiger partial charge in [-0.2, -0.15) is 0 Å². The fraction of sp³-hybridized carbons (Fsp3) is 0.222. The van der Waals surface area contributed by atoms with E-state index in [0.29, 0.717) is 11.7 Å². The number of hydrogen-bond acceptors (Lipinski definition) is 3. The van der Waals surface area contributed by atoms with Gasteiger partial charge in [-0.25, -0.2) is 4.79 Å². The summed E-state index contributed by atoms with van der Waals surface area (Å²) in [7, 11) is 0. The molecular weight excluding hydrogens is 386 g/mol. The molecule has 31 heavy (non-hydrogen) atoms. The smallest absolute Gasteiger partial charge is 0.328 e. The Morgan fingerprint density at radius 3 is 2.39 bits per heavy atom. The molecule has 0 radical (unpaired) electrons. The summed E-state index contributed by atoms with van der Waals surface area (Å²) in [6.07, 6.45) is 3.61. The number of carboxylic acids is 1. The van der Waals surface area contributed by atoms with Crippen molar-refractivity contribution in [1.82, 2.24) is 0 Å². The van der Waals surface area contributed by atoms with Crippen LogP contribution in [0.25, 0.3) is 6.08 Å². The summed E-state index contributed by atoms with van der Waals surface area (Å²) in [5.74, 6) is -0.177. The Labute approximate surface area is 183 Å². The maximum absolute atomic E-state index is 10.8. The highest BCUT2D eigenvalue weighted by atomic mass is 16.4. The average molecular weight is 414 g/mol. The minimum atomic E-state index is -0.957. The third-order valence-corrected chi connectivity index (χ3v) is 5.92. The Bertz CT molecular complexity index is 1100. The largest absolute Gasteiger partial charge is 0.508 e. The van der Waals surface area contributed by atoms with Gasteiger partial charge in [0.2, 0.25) is 0 Å². The highest BCUT2D eigenvalue weighted by molar-refractivity contribution is 5.85. The number of hydrogen-bond donors (Lipinski definition) is 2. The summed E-state index contributed by atoms with van der Waals surface area (Å²) in [6.45, 7) is 5.24. The molecule has 2 N–H and O–H groups in total. The van der Waals surface area contributed by atoms with E-state index in [1.54, 1.807) is 12.1 Å². The van der Waals surface area contributed by atoms with Gasteiger partial charge in [-0.3, -0.25) is 0 Å². The number of benzene rings is 3. The maximum atomic E-state index is 10.8. The van der Waals surface area contributed by atoms with E-state index in [0.717, 1.165) is 35.7 Å². The zero-order valence-electron chi connectivity index (χ0n) is 17.8. The minimum absolute atomic E-state index is 0.0201. The molecule has 1 unspecified atom stereocenters. The van der Waals surface area contributed by atoms with Crippen LogP contribution in [-0.2, 0) is 11.2 Å². The number of phenols is 1. The quantitative estimate of drug-likeness (QED) is 0.522. The van der Waals surface area contributed by atoms with Crippen LogP contribution in [0.2, 0.25) is 0 Å². The molecule has 4 heteroatoms. The lowest BCUT2D eigenvalue weighted by molar-refractivity contribution is -0.131. The monoisotopic (exact) mass is 413 g/mol. The van der Waals surface area contributed by atoms with E-state index >= 15 is 0 Å². The predicted octanol–water partition coefficient (Wildman–Crippen LogP) is 5.77. The van der Waals surface area contributed by atoms with Gasteiger partial charge in [0, 0.05) is 18.3 Å². The van der Waals surface area contributed by atoms with Crippen LogP contribution in [0.15, 0.2) is 72.8 Å². The lowest BCUT2D eigenvalue weighted by atomic mass is 9.87. The molecule has 0 aliphatic carbocycles. The van der Waals surface area contributed by atoms with Crippen LogP contribution >= 0.6 is 0 Å². The molecular formula is C27H27NO3. The molecule has 0 spiro atoms. The third-order valence-electron chi connectivity index (χ3n) is 5.92. The van der Waals surface area contributed by atoms with E-state index in [-0.39, 0.29) is 6.04 Å². The fourth-order valence-electron chi connectivity index (χ4n) is 4.26. The van der Waals surface area contributed by atoms with Crippen LogP contribution < -0.4 is 4.90 Å². The molecule has 0 fully saturated rings. The van der Waals surface area contributed by atoms with Gasteiger partial charge in [-0.15, -0.1) is 0 Å². The van der Waals surface area contributed by atoms with Crippen molar-refractivity contribution < 1.29 is 15.0 Å². The standard InChI is InChI=1S/C27H27NO3/c1-18(2)20-8-10-23(11-9-20)28-16-15-22-17-24(29)12-13-25(22)27(28)21-6-3-19(4-7-21)5-14-26(30)31/h3-14,17-18,27,29H,15-16H2,1-2H3,(H,30,31)/b14-5+. The first-order valence-electron chi connectivity index (χ1n) is 10.6. The van der Waals surface area contributed by atoms with Crippen LogP contribution in [-0.4, -0.2) is 22.7 Å². The lowest BCUT2D eigenvalue weighted by Crippen LogP contribution is -2.36. The zero-order chi connectivity index (χ0) is 22.0. The van der Waals surface area contributed by atoms with E-state index < -0.39 is 5.97 Å². The van der Waals surface area contributed by atoms with Gasteiger partial charge in [-0.1, -0.05) is 56.3 Å². The van der Waals surface area contributed by atoms with Crippen LogP contribution in [0.5, 0.6) is 5.75 Å². The van der Waals surface area contributed by atoms with Crippen molar-refractivity contribution in [3.05, 3.63) is 101 Å². The van der Waals surface area contributed by atoms with E-state index in [1.165, 1.54) is 16.8 Å². The van der Waals surface area contributed by atoms with E-state index in [2.05, 4.69) is 55.1 Å². The zero-order valence-corrected chi connectivity index (χ0v) is 17.8. The van der Waals surface area contributed by atoms with Crippen molar-refractivity contribution in [2.24, 2.45) is 0 Å². The summed E-state index contributed by atoms with van der Waals surface area (Å²) in [6, 6.07) is 22.4. The maximum Gasteiger partial charge on any atom is 0.328 e. The number of aliphatic carboxylic acids is 1. The minimum Gasteiger partial charge on any atom is -0.508 e. The molecule has 0 saturated heterocycles. The molecule has 3 aromatic rings. The number of carboxylic acid groups (broad SMARTS) is 1. The van der Waals surface area contributed by atoms with Crippen LogP contribution in [0.1, 0.15) is 53.6 Å². The van der Waals surface area contributed by atoms with Gasteiger partial charge in [0.15, 0.2) is 0 Å². The van der Waals surface area contributed by atoms with Crippen LogP contribution in [0, 0.1) is 0 Å². The van der Waals surface area contributed by atoms with Crippen molar-refractivity contribution >= 4 is 17.7 Å². The average Bonchev–Trinajstić information content (AvgIpc) is 2.77. The fourth-order valence-corrected chi connectivity index (χ4v) is 4.26. The molecule has 0 amide bonds. The van der Waals surface area contributed by atoms with Crippen molar-refractivity contribution in [3.8, 4) is 5.75 Å². The summed E-state index contributed by atoms with van der Waals surface area (Å²) < 4.78 is 0. The van der Waals surface area contributed by atoms with Crippen molar-refractivity contribution in [2.45, 2.75) is 32.2 Å². The number of carbonyl (C=O) groups is 1. The number of nitrogens with zero attached hydrogens (tertiary/aromatic N) is 1. The molecule has 1 atom stereocenters. The summed E-state index contributed by atoms with van der Waals surface area (Å²) in [5.41, 5.74) is 6.81. The Kier molecular flexibility index (Phi) is 5.81. The molecule has 3 aromatic carbocycles. The highest BCUT2D eigenvalue weighted by Crippen LogP contribution is 2.39. The summed E-state index contributed by atoms with van der Waals surface area (Å²) in [5, 5.41) is 18.8. The predicted molar refractivity (Wildman–Crippen MR) is 125 cm³/mol. The van der Waals surface area contributed by atoms with Gasteiger partial charge in [0.25, 0.3) is 0 Å². The van der Waals surface area contributed by atoms with E-state index in [9.17, 15) is 9.90 Å². The highest BCUT2D eigenvalue weighted by Gasteiger charge is 2.29. The topological polar surface area (TPSA) is 60.8 Å². The Morgan fingerprint density at radius 1 is 1.03 bits per heavy atom. The molecule has 1 aliphatic heterocycles. The third kappa shape index (κ3) is 4.48. The van der Waals surface area contributed by atoms with Crippen molar-refractivity contribution in [2.75, 3.05) is 11.4 Å². The number of fused-ring (bicyclic) bond motifs is 1. The molecule has 158 valence electrons. The number of phenolic OH excluding ortho intramolecular Hbond substituents is 1. The van der Waals surface area contributed by atoms with Gasteiger partial charge in [0.05, 0.1) is 6.04 Å². The van der Waals surface area contributed by atoms with E-state index in [1.807, 2.05) is 24.3 Å². The molecule has 4 nitrogen and oxygen atoms in total. The molecule has 0 bridgehead atoms. The molecule has 0 saturated carbocycles. The number of aromatic hydroxyl groups is 1. The molecule has 4 rings (SSSR count). The van der Waals surface area contributed by atoms with Gasteiger partial charge in [-0.05, 0) is 70.5 Å². The first kappa shape index (κ1) is 20.7. The SMILES string of the molecule is CC(C)c1ccc(N2CCc3cc(O)ccc3C2c2ccc(/C=C/C(=O)O)cc2)cc1. The first-order valence-corrected chi connectivity index (χ1v) is 10.6. The second-order valence-electron chi connectivity index (χ2n) is 8.31. The summed E-state index contributed by atoms with van der Waals surface area (Å²) in [4.78, 5) is 13.2. The van der Waals surface area contributed by atoms with Crippen molar-refractivity contribution in [1.29, 1.82) is 0 Å². The number of rotatable bonds is 5. The molecule has 1 aliphatic rings. The van der Waals surface area contributed by atoms with Crippen molar-refractivity contribution in [3.63, 3.8) is 0 Å². The van der Waals surface area contributed by atoms with E-state index in [4.69, 9.17) is 5.11 Å². The second-order valence-corrected chi connectivity index (χ2v) is 8.31. The van der Waals surface area contributed by atoms with Gasteiger partial charge >= 0.3 is 5.97 Å². The lowest BCUT2D eigenvalue weighted by Gasteiger charge is -2.39. The van der Waals surface area contributed by atoms with Gasteiger partial charge in [0.1, 0.15) is 5.75 Å². The Hall–Kier alpha value is -3.53. The second kappa shape index (κ2) is 8.68. The Morgan fingerprint density at radius 2 is 1.74 bits per heavy atom. The normalized spacial score (nSPS) is 16.0. The summed E-state index contributed by atoms with van der Waals surface area (Å²) >= 11 is 0. The number of anilines is 1. The van der Waals surface area contributed by atoms with Gasteiger partial charge < -0.3 is 15.1 Å². The molecule has 0 aromatic heterocycles. The van der Waals surface area contributed by atoms with Crippen LogP contribution in [0.4, 0.5) is 5.69 Å². The molecule has 1 heterocycles. The first-order chi connectivity index (χ1) is 14.9. The van der Waals surface area contributed by atoms with Crippen LogP contribution in [0.3, 0.4) is 0 Å².